The van der Waals surface area contributed by atoms with Crippen LogP contribution in [0.5, 0.6) is 17.2 Å². The van der Waals surface area contributed by atoms with Gasteiger partial charge < -0.3 is 29.7 Å². The van der Waals surface area contributed by atoms with Gasteiger partial charge in [-0.05, 0) is 170 Å². The van der Waals surface area contributed by atoms with E-state index >= 15 is 0 Å². The van der Waals surface area contributed by atoms with E-state index in [0.717, 1.165) is 126 Å². The number of benzene rings is 8. The predicted molar refractivity (Wildman–Crippen MR) is 404 cm³/mol. The third kappa shape index (κ3) is 22.5. The Kier molecular flexibility index (Phi) is 31.5. The minimum absolute atomic E-state index is 0. The molecule has 0 saturated carbocycles. The minimum atomic E-state index is -3.90. The molecule has 0 radical (unpaired) electrons. The molecule has 0 bridgehead atoms. The molecule has 1 saturated heterocycles. The molecule has 1 fully saturated rings. The number of fused-ring (bicyclic) bond motifs is 1. The summed E-state index contributed by atoms with van der Waals surface area (Å²) in [7, 11) is 1.12. The summed E-state index contributed by atoms with van der Waals surface area (Å²) in [4.78, 5) is 18.6. The predicted octanol–water partition coefficient (Wildman–Crippen LogP) is 18.5. The summed E-state index contributed by atoms with van der Waals surface area (Å²) in [5, 5.41) is 21.2. The van der Waals surface area contributed by atoms with Gasteiger partial charge in [0.2, 0.25) is 0 Å². The fourth-order valence-corrected chi connectivity index (χ4v) is 17.2. The molecule has 8 aromatic carbocycles. The van der Waals surface area contributed by atoms with Crippen molar-refractivity contribution in [2.45, 2.75) is 64.7 Å². The summed E-state index contributed by atoms with van der Waals surface area (Å²) in [6.45, 7) is 7.21. The van der Waals surface area contributed by atoms with Crippen molar-refractivity contribution in [1.29, 1.82) is 5.26 Å². The van der Waals surface area contributed by atoms with Gasteiger partial charge in [0.15, 0.2) is 16.1 Å². The molecule has 11 rings (SSSR count). The van der Waals surface area contributed by atoms with Gasteiger partial charge in [0.1, 0.15) is 17.2 Å². The fraction of sp³-hybridized carbons (Fsp3) is 0.229. The van der Waals surface area contributed by atoms with E-state index in [1.165, 1.54) is 34.5 Å². The summed E-state index contributed by atoms with van der Waals surface area (Å²) in [5.41, 5.74) is 11.0. The van der Waals surface area contributed by atoms with Gasteiger partial charge in [-0.2, -0.15) is 5.26 Å². The van der Waals surface area contributed by atoms with Crippen LogP contribution in [-0.4, -0.2) is 80.3 Å². The Bertz CT molecular complexity index is 4090. The number of carbonyl (C=O) groups excluding carboxylic acids is 1. The SMILES string of the molecule is C.COc1ccc(Br)cc1CCc1c(Cl)cccc1C#N.COc1ccc(Br)cc1CCc1c(Cl)cccc1C(C)=O.COc1ccc(Br)cc1CCc1c(Cl)cccc1C1=CSC2=NCCN12.Cc1ccc(S(=O)(=O)OI(O)c2ccccc2)cc1.S=C1NCCN1. The van der Waals surface area contributed by atoms with E-state index in [2.05, 4.69) is 91.9 Å². The number of nitrogens with zero attached hydrogens (tertiary/aromatic N) is 3. The van der Waals surface area contributed by atoms with Gasteiger partial charge in [0.05, 0.1) is 45.2 Å². The number of ether oxygens (including phenoxy) is 3. The van der Waals surface area contributed by atoms with Gasteiger partial charge >= 0.3 is 121 Å². The smallest absolute Gasteiger partial charge is 0.166 e. The molecule has 3 heterocycles. The van der Waals surface area contributed by atoms with Crippen molar-refractivity contribution in [1.82, 2.24) is 15.5 Å². The minimum Gasteiger partial charge on any atom is -0.361 e. The molecular weight excluding hydrogens is 1610 g/mol. The number of rotatable bonds is 18. The Morgan fingerprint density at radius 2 is 1.16 bits per heavy atom. The Morgan fingerprint density at radius 3 is 1.66 bits per heavy atom. The van der Waals surface area contributed by atoms with E-state index in [1.54, 1.807) is 94.6 Å². The second kappa shape index (κ2) is 38.3. The van der Waals surface area contributed by atoms with Crippen LogP contribution in [0.2, 0.25) is 15.1 Å². The first-order valence-corrected chi connectivity index (χ1v) is 37.7. The van der Waals surface area contributed by atoms with Crippen LogP contribution in [0.25, 0.3) is 5.70 Å². The van der Waals surface area contributed by atoms with Crippen LogP contribution in [-0.2, 0) is 51.2 Å². The molecule has 23 heteroatoms. The summed E-state index contributed by atoms with van der Waals surface area (Å²) >= 11 is 32.8. The molecule has 13 nitrogen and oxygen atoms in total. The van der Waals surface area contributed by atoms with Gasteiger partial charge in [-0.3, -0.25) is 9.79 Å². The van der Waals surface area contributed by atoms with Crippen molar-refractivity contribution in [3.05, 3.63) is 257 Å². The number of thiocarbonyl (C=S) groups is 1. The van der Waals surface area contributed by atoms with E-state index in [4.69, 9.17) is 69.0 Å². The van der Waals surface area contributed by atoms with E-state index in [1.807, 2.05) is 91.9 Å². The number of halogens is 7. The number of hydrogen-bond donors (Lipinski definition) is 3. The number of nitrogens with one attached hydrogen (secondary N) is 2. The van der Waals surface area contributed by atoms with Crippen LogP contribution in [0.1, 0.15) is 74.8 Å². The van der Waals surface area contributed by atoms with Crippen molar-refractivity contribution < 1.29 is 33.4 Å². The zero-order chi connectivity index (χ0) is 66.3. The van der Waals surface area contributed by atoms with Crippen LogP contribution < -0.4 is 24.8 Å². The van der Waals surface area contributed by atoms with E-state index in [-0.39, 0.29) is 18.1 Å². The van der Waals surface area contributed by atoms with Crippen molar-refractivity contribution in [3.63, 3.8) is 0 Å². The van der Waals surface area contributed by atoms with E-state index in [0.29, 0.717) is 37.6 Å². The van der Waals surface area contributed by atoms with Crippen LogP contribution in [0, 0.1) is 21.8 Å². The maximum atomic E-state index is 12.0. The first kappa shape index (κ1) is 76.5. The normalized spacial score (nSPS) is 12.7. The molecule has 0 aliphatic carbocycles. The number of amidine groups is 1. The van der Waals surface area contributed by atoms with Gasteiger partial charge in [0.25, 0.3) is 0 Å². The number of carbonyl (C=O) groups is 1. The largest absolute Gasteiger partial charge is 0.361 e. The van der Waals surface area contributed by atoms with Crippen LogP contribution in [0.3, 0.4) is 0 Å². The third-order valence-electron chi connectivity index (χ3n) is 14.2. The molecule has 0 atom stereocenters. The zero-order valence-corrected chi connectivity index (χ0v) is 62.4. The van der Waals surface area contributed by atoms with Crippen LogP contribution in [0.4, 0.5) is 0 Å². The molecule has 0 amide bonds. The Hall–Kier alpha value is -5.52. The molecule has 0 spiro atoms. The molecule has 93 heavy (non-hydrogen) atoms. The van der Waals surface area contributed by atoms with Gasteiger partial charge in [0, 0.05) is 64.7 Å². The average Bonchev–Trinajstić information content (AvgIpc) is 1.71. The summed E-state index contributed by atoms with van der Waals surface area (Å²) < 4.78 is 58.7. The number of Topliss-reactive ketones (excluding diaryl/α,β-unsaturated/α-hetero) is 1. The number of aliphatic imine (C=N–C) groups is 1. The maximum Gasteiger partial charge on any atom is 0.166 e. The van der Waals surface area contributed by atoms with Gasteiger partial charge in [-0.1, -0.05) is 132 Å². The number of methoxy groups -OCH3 is 3. The van der Waals surface area contributed by atoms with Crippen LogP contribution >= 0.6 is 127 Å². The van der Waals surface area contributed by atoms with Gasteiger partial charge in [-0.25, -0.2) is 0 Å². The molecule has 3 N–H and O–H groups in total. The third-order valence-corrected chi connectivity index (χ3v) is 23.3. The second-order valence-corrected chi connectivity index (χ2v) is 30.7. The number of thioether (sulfide) groups is 1. The number of nitriles is 1. The number of ketones is 1. The zero-order valence-electron chi connectivity index (χ0n) is 50.8. The molecule has 8 aromatic rings. The quantitative estimate of drug-likeness (QED) is 0.0421. The van der Waals surface area contributed by atoms with E-state index in [9.17, 15) is 16.6 Å². The van der Waals surface area contributed by atoms with Crippen molar-refractivity contribution in [2.75, 3.05) is 47.5 Å². The topological polar surface area (TPSA) is 172 Å². The first-order valence-electron chi connectivity index (χ1n) is 28.6. The summed E-state index contributed by atoms with van der Waals surface area (Å²) in [5.74, 6) is 2.63. The standard InChI is InChI=1S/C20H18BrClN2OS.C17H16BrClO2.C16H13BrClNO.C13H13IO4S.C3H6N2S.CH4/c1-25-19-8-6-14(21)11-13(19)5-7-15-16(3-2-4-17(15)22)18-12-26-20-23-9-10-24(18)20;1-11(20)14-4-3-5-16(19)15(14)8-6-12-10-13(18)7-9-17(12)21-2;1-20-16-8-6-13(17)9-11(16)5-7-14-12(10-19)3-2-4-15(14)18;1-11-7-9-13(10-8-11)19(16,17)18-14(15)12-5-3-2-4-6-12;6-3-4-1-2-5-3;/h2-4,6,8,11-12H,5,7,9-10H2,1H3;3-5,7,9-10H,6,8H2,1-2H3;2-4,6,8-9H,5,7H2,1H3;2-10,15H,1H3;1-2H2,(H2,4,5,6);1H4. The fourth-order valence-electron chi connectivity index (χ4n) is 9.64. The number of aryl methyl sites for hydroxylation is 4. The number of hydrogen-bond acceptors (Lipinski definition) is 13. The van der Waals surface area contributed by atoms with Crippen molar-refractivity contribution >= 4 is 159 Å². The Labute approximate surface area is 604 Å². The van der Waals surface area contributed by atoms with Crippen molar-refractivity contribution in [2.24, 2.45) is 4.99 Å². The van der Waals surface area contributed by atoms with Crippen molar-refractivity contribution in [3.8, 4) is 23.3 Å². The molecule has 3 aliphatic heterocycles. The van der Waals surface area contributed by atoms with Gasteiger partial charge in [-0.15, -0.1) is 0 Å². The monoisotopic (exact) mass is 1670 g/mol. The Balaban J connectivity index is 0.000000191. The summed E-state index contributed by atoms with van der Waals surface area (Å²) in [6.07, 6.45) is 4.63. The van der Waals surface area contributed by atoms with E-state index < -0.39 is 30.8 Å². The second-order valence-electron chi connectivity index (χ2n) is 20.3. The molecular formula is C70H70Br3Cl3IN5O8S3. The average molecular weight is 1680 g/mol. The molecule has 3 aliphatic rings. The maximum absolute atomic E-state index is 12.0. The summed E-state index contributed by atoms with van der Waals surface area (Å²) in [6, 6.07) is 52.0. The Morgan fingerprint density at radius 1 is 0.677 bits per heavy atom. The molecule has 0 unspecified atom stereocenters. The van der Waals surface area contributed by atoms with Crippen LogP contribution in [0.15, 0.2) is 193 Å². The first-order chi connectivity index (χ1) is 44.2. The molecule has 490 valence electrons. The molecule has 0 aromatic heterocycles.